The van der Waals surface area contributed by atoms with Gasteiger partial charge in [-0.3, -0.25) is 4.98 Å². The van der Waals surface area contributed by atoms with Crippen LogP contribution in [0.25, 0.3) is 0 Å². The average Bonchev–Trinajstić information content (AvgIpc) is 2.52. The molecule has 0 aliphatic rings. The first-order valence-corrected chi connectivity index (χ1v) is 6.70. The van der Waals surface area contributed by atoms with E-state index in [0.717, 1.165) is 5.69 Å². The molecule has 0 spiro atoms. The molecule has 5 nitrogen and oxygen atoms in total. The molecule has 5 heteroatoms. The van der Waals surface area contributed by atoms with Crippen LogP contribution in [0.2, 0.25) is 0 Å². The van der Waals surface area contributed by atoms with Gasteiger partial charge in [-0.25, -0.2) is 0 Å². The number of rotatable bonds is 7. The van der Waals surface area contributed by atoms with E-state index in [2.05, 4.69) is 4.98 Å². The van der Waals surface area contributed by atoms with E-state index < -0.39 is 0 Å². The number of methoxy groups -OCH3 is 1. The van der Waals surface area contributed by atoms with E-state index in [4.69, 9.17) is 14.2 Å². The SMILES string of the molecule is COc1ccccc1OCCOc1ccc(C)nc1CO. The van der Waals surface area contributed by atoms with E-state index in [0.29, 0.717) is 36.2 Å². The van der Waals surface area contributed by atoms with Crippen molar-refractivity contribution in [3.63, 3.8) is 0 Å². The van der Waals surface area contributed by atoms with Gasteiger partial charge in [-0.1, -0.05) is 12.1 Å². The van der Waals surface area contributed by atoms with Gasteiger partial charge in [0.05, 0.1) is 13.7 Å². The topological polar surface area (TPSA) is 60.8 Å². The van der Waals surface area contributed by atoms with Gasteiger partial charge in [0.25, 0.3) is 0 Å². The molecular weight excluding hydrogens is 270 g/mol. The first-order valence-electron chi connectivity index (χ1n) is 6.70. The number of para-hydroxylation sites is 2. The zero-order valence-electron chi connectivity index (χ0n) is 12.2. The molecule has 0 atom stereocenters. The van der Waals surface area contributed by atoms with Crippen molar-refractivity contribution in [2.75, 3.05) is 20.3 Å². The maximum absolute atomic E-state index is 9.26. The van der Waals surface area contributed by atoms with Crippen molar-refractivity contribution in [2.24, 2.45) is 0 Å². The van der Waals surface area contributed by atoms with Gasteiger partial charge >= 0.3 is 0 Å². The zero-order chi connectivity index (χ0) is 15.1. The Hall–Kier alpha value is -2.27. The Kier molecular flexibility index (Phi) is 5.40. The first-order chi connectivity index (χ1) is 10.2. The molecule has 0 radical (unpaired) electrons. The maximum atomic E-state index is 9.26. The number of pyridine rings is 1. The lowest BCUT2D eigenvalue weighted by atomic mass is 10.3. The van der Waals surface area contributed by atoms with Gasteiger partial charge in [0.2, 0.25) is 0 Å². The van der Waals surface area contributed by atoms with Crippen LogP contribution < -0.4 is 14.2 Å². The van der Waals surface area contributed by atoms with Crippen LogP contribution >= 0.6 is 0 Å². The smallest absolute Gasteiger partial charge is 0.161 e. The fourth-order valence-electron chi connectivity index (χ4n) is 1.88. The molecule has 2 rings (SSSR count). The Morgan fingerprint density at radius 2 is 1.62 bits per heavy atom. The van der Waals surface area contributed by atoms with Crippen LogP contribution in [0, 0.1) is 6.92 Å². The van der Waals surface area contributed by atoms with Crippen molar-refractivity contribution >= 4 is 0 Å². The number of aromatic nitrogens is 1. The fourth-order valence-corrected chi connectivity index (χ4v) is 1.88. The van der Waals surface area contributed by atoms with E-state index >= 15 is 0 Å². The molecule has 1 aromatic heterocycles. The summed E-state index contributed by atoms with van der Waals surface area (Å²) in [5.74, 6) is 1.94. The number of nitrogens with zero attached hydrogens (tertiary/aromatic N) is 1. The number of benzene rings is 1. The standard InChI is InChI=1S/C16H19NO4/c1-12-7-8-14(13(11-18)17-12)20-9-10-21-16-6-4-3-5-15(16)19-2/h3-8,18H,9-11H2,1-2H3. The maximum Gasteiger partial charge on any atom is 0.161 e. The number of hydrogen-bond donors (Lipinski definition) is 1. The second-order valence-electron chi connectivity index (χ2n) is 4.40. The highest BCUT2D eigenvalue weighted by Gasteiger charge is 2.06. The minimum absolute atomic E-state index is 0.148. The third kappa shape index (κ3) is 4.10. The highest BCUT2D eigenvalue weighted by Crippen LogP contribution is 2.25. The second kappa shape index (κ2) is 7.50. The minimum Gasteiger partial charge on any atom is -0.493 e. The van der Waals surface area contributed by atoms with Crippen molar-refractivity contribution in [1.82, 2.24) is 4.98 Å². The zero-order valence-corrected chi connectivity index (χ0v) is 12.2. The fraction of sp³-hybridized carbons (Fsp3) is 0.312. The molecule has 0 aliphatic heterocycles. The molecule has 112 valence electrons. The number of aliphatic hydroxyl groups excluding tert-OH is 1. The minimum atomic E-state index is -0.148. The Balaban J connectivity index is 1.87. The number of aliphatic hydroxyl groups is 1. The summed E-state index contributed by atoms with van der Waals surface area (Å²) in [4.78, 5) is 4.22. The van der Waals surface area contributed by atoms with Crippen molar-refractivity contribution in [1.29, 1.82) is 0 Å². The summed E-state index contributed by atoms with van der Waals surface area (Å²) in [6.45, 7) is 2.45. The van der Waals surface area contributed by atoms with Gasteiger partial charge in [0, 0.05) is 5.69 Å². The molecule has 0 saturated carbocycles. The van der Waals surface area contributed by atoms with E-state index in [-0.39, 0.29) is 6.61 Å². The van der Waals surface area contributed by atoms with Crippen molar-refractivity contribution in [3.05, 3.63) is 47.8 Å². The lowest BCUT2D eigenvalue weighted by Gasteiger charge is -2.12. The lowest BCUT2D eigenvalue weighted by molar-refractivity contribution is 0.203. The molecule has 1 heterocycles. The van der Waals surface area contributed by atoms with Crippen LogP contribution in [-0.2, 0) is 6.61 Å². The van der Waals surface area contributed by atoms with Gasteiger partial charge in [-0.15, -0.1) is 0 Å². The monoisotopic (exact) mass is 289 g/mol. The predicted octanol–water partition coefficient (Wildman–Crippen LogP) is 2.35. The molecule has 0 bridgehead atoms. The Morgan fingerprint density at radius 1 is 0.952 bits per heavy atom. The molecule has 21 heavy (non-hydrogen) atoms. The van der Waals surface area contributed by atoms with E-state index in [1.54, 1.807) is 13.2 Å². The third-order valence-electron chi connectivity index (χ3n) is 2.89. The largest absolute Gasteiger partial charge is 0.493 e. The third-order valence-corrected chi connectivity index (χ3v) is 2.89. The lowest BCUT2D eigenvalue weighted by Crippen LogP contribution is -2.11. The molecule has 2 aromatic rings. The summed E-state index contributed by atoms with van der Waals surface area (Å²) < 4.78 is 16.4. The van der Waals surface area contributed by atoms with Gasteiger partial charge in [0.15, 0.2) is 11.5 Å². The highest BCUT2D eigenvalue weighted by atomic mass is 16.5. The van der Waals surface area contributed by atoms with Crippen LogP contribution in [0.3, 0.4) is 0 Å². The van der Waals surface area contributed by atoms with Crippen LogP contribution in [0.5, 0.6) is 17.2 Å². The molecule has 1 N–H and O–H groups in total. The van der Waals surface area contributed by atoms with Gasteiger partial charge in [-0.2, -0.15) is 0 Å². The molecule has 0 fully saturated rings. The summed E-state index contributed by atoms with van der Waals surface area (Å²) in [6, 6.07) is 11.1. The summed E-state index contributed by atoms with van der Waals surface area (Å²) in [6.07, 6.45) is 0. The molecular formula is C16H19NO4. The summed E-state index contributed by atoms with van der Waals surface area (Å²) >= 11 is 0. The highest BCUT2D eigenvalue weighted by molar-refractivity contribution is 5.39. The Morgan fingerprint density at radius 3 is 2.29 bits per heavy atom. The summed E-state index contributed by atoms with van der Waals surface area (Å²) in [5, 5.41) is 9.26. The van der Waals surface area contributed by atoms with Crippen LogP contribution in [-0.4, -0.2) is 30.4 Å². The second-order valence-corrected chi connectivity index (χ2v) is 4.40. The quantitative estimate of drug-likeness (QED) is 0.793. The molecule has 1 aromatic carbocycles. The van der Waals surface area contributed by atoms with Crippen LogP contribution in [0.15, 0.2) is 36.4 Å². The molecule has 0 saturated heterocycles. The van der Waals surface area contributed by atoms with Crippen molar-refractivity contribution < 1.29 is 19.3 Å². The van der Waals surface area contributed by atoms with Crippen molar-refractivity contribution in [2.45, 2.75) is 13.5 Å². The van der Waals surface area contributed by atoms with Crippen LogP contribution in [0.1, 0.15) is 11.4 Å². The molecule has 0 unspecified atom stereocenters. The number of aryl methyl sites for hydroxylation is 1. The molecule has 0 aliphatic carbocycles. The van der Waals surface area contributed by atoms with Gasteiger partial charge in [-0.05, 0) is 31.2 Å². The summed E-state index contributed by atoms with van der Waals surface area (Å²) in [7, 11) is 1.60. The Bertz CT molecular complexity index is 586. The normalized spacial score (nSPS) is 10.2. The van der Waals surface area contributed by atoms with E-state index in [1.807, 2.05) is 37.3 Å². The predicted molar refractivity (Wildman–Crippen MR) is 78.9 cm³/mol. The molecule has 0 amide bonds. The van der Waals surface area contributed by atoms with E-state index in [9.17, 15) is 5.11 Å². The van der Waals surface area contributed by atoms with E-state index in [1.165, 1.54) is 0 Å². The number of hydrogen-bond acceptors (Lipinski definition) is 5. The van der Waals surface area contributed by atoms with Gasteiger partial charge in [0.1, 0.15) is 24.7 Å². The summed E-state index contributed by atoms with van der Waals surface area (Å²) in [5.41, 5.74) is 1.38. The first kappa shape index (κ1) is 15.1. The van der Waals surface area contributed by atoms with Crippen LogP contribution in [0.4, 0.5) is 0 Å². The average molecular weight is 289 g/mol. The van der Waals surface area contributed by atoms with Crippen molar-refractivity contribution in [3.8, 4) is 17.2 Å². The number of ether oxygens (including phenoxy) is 3. The Labute approximate surface area is 124 Å². The van der Waals surface area contributed by atoms with Gasteiger partial charge < -0.3 is 19.3 Å².